The number of hydrogen-bond donors (Lipinski definition) is 4. The van der Waals surface area contributed by atoms with Crippen molar-refractivity contribution >= 4 is 28.9 Å². The smallest absolute Gasteiger partial charge is 0.305 e. The number of piperidine rings is 1. The average molecular weight is 433 g/mol. The van der Waals surface area contributed by atoms with E-state index in [1.165, 1.54) is 6.33 Å². The van der Waals surface area contributed by atoms with Gasteiger partial charge in [0.2, 0.25) is 5.91 Å². The lowest BCUT2D eigenvalue weighted by atomic mass is 9.75. The Hall–Kier alpha value is -2.83. The van der Waals surface area contributed by atoms with Crippen molar-refractivity contribution in [2.45, 2.75) is 55.9 Å². The summed E-state index contributed by atoms with van der Waals surface area (Å²) in [4.78, 5) is 37.3. The van der Waals surface area contributed by atoms with E-state index < -0.39 is 35.7 Å². The van der Waals surface area contributed by atoms with Crippen LogP contribution in [0.2, 0.25) is 0 Å². The van der Waals surface area contributed by atoms with Crippen LogP contribution in [-0.2, 0) is 14.3 Å². The SMILES string of the molecule is C[C@@]1(O)CC2(CCN(C(=O)[C@@H](N)CC(=O)O)CC2)OC[C@H]1n1cnc2c(N)ncnc21. The van der Waals surface area contributed by atoms with E-state index in [-0.39, 0.29) is 18.3 Å². The lowest BCUT2D eigenvalue weighted by Crippen LogP contribution is -2.59. The molecule has 2 fully saturated rings. The number of rotatable bonds is 4. The summed E-state index contributed by atoms with van der Waals surface area (Å²) in [6.45, 7) is 2.79. The van der Waals surface area contributed by atoms with Crippen LogP contribution in [0.5, 0.6) is 0 Å². The van der Waals surface area contributed by atoms with Crippen molar-refractivity contribution in [1.29, 1.82) is 0 Å². The van der Waals surface area contributed by atoms with Crippen molar-refractivity contribution in [2.75, 3.05) is 25.4 Å². The number of aliphatic hydroxyl groups is 1. The first-order valence-corrected chi connectivity index (χ1v) is 10.2. The third kappa shape index (κ3) is 3.93. The van der Waals surface area contributed by atoms with Crippen molar-refractivity contribution < 1.29 is 24.5 Å². The Balaban J connectivity index is 1.46. The van der Waals surface area contributed by atoms with Crippen LogP contribution in [0.1, 0.15) is 38.6 Å². The van der Waals surface area contributed by atoms with Gasteiger partial charge in [-0.3, -0.25) is 9.59 Å². The number of likely N-dealkylation sites (tertiary alicyclic amines) is 1. The Kier molecular flexibility index (Phi) is 5.31. The molecule has 2 saturated heterocycles. The first-order chi connectivity index (χ1) is 14.6. The molecule has 12 heteroatoms. The number of aromatic nitrogens is 4. The Morgan fingerprint density at radius 2 is 2.03 bits per heavy atom. The molecule has 0 bridgehead atoms. The lowest BCUT2D eigenvalue weighted by molar-refractivity contribution is -0.197. The zero-order valence-electron chi connectivity index (χ0n) is 17.3. The molecular weight excluding hydrogens is 406 g/mol. The summed E-state index contributed by atoms with van der Waals surface area (Å²) in [6.07, 6.45) is 3.97. The van der Waals surface area contributed by atoms with E-state index in [4.69, 9.17) is 21.3 Å². The van der Waals surface area contributed by atoms with Gasteiger partial charge >= 0.3 is 5.97 Å². The van der Waals surface area contributed by atoms with Gasteiger partial charge in [0.15, 0.2) is 11.5 Å². The molecule has 2 aliphatic rings. The molecule has 2 aromatic heterocycles. The lowest BCUT2D eigenvalue weighted by Gasteiger charge is -2.51. The number of amides is 1. The maximum atomic E-state index is 12.4. The standard InChI is InChI=1S/C19H27N7O5/c1-18(30)8-19(2-4-25(5-3-19)17(29)11(20)6-13(27)28)31-7-12(18)26-10-24-14-15(21)22-9-23-16(14)26/h9-12,30H,2-8,20H2,1H3,(H,27,28)(H2,21,22,23)/t11-,12+,18+/m0/s1. The fraction of sp³-hybridized carbons (Fsp3) is 0.632. The second-order valence-corrected chi connectivity index (χ2v) is 8.66. The number of fused-ring (bicyclic) bond motifs is 1. The highest BCUT2D eigenvalue weighted by atomic mass is 16.5. The number of nitrogens with two attached hydrogens (primary N) is 2. The molecule has 3 atom stereocenters. The largest absolute Gasteiger partial charge is 0.481 e. The molecule has 31 heavy (non-hydrogen) atoms. The summed E-state index contributed by atoms with van der Waals surface area (Å²) in [5.74, 6) is -1.21. The molecule has 2 aromatic rings. The molecule has 6 N–H and O–H groups in total. The maximum Gasteiger partial charge on any atom is 0.305 e. The molecule has 168 valence electrons. The third-order valence-corrected chi connectivity index (χ3v) is 6.37. The van der Waals surface area contributed by atoms with Crippen molar-refractivity contribution in [1.82, 2.24) is 24.4 Å². The summed E-state index contributed by atoms with van der Waals surface area (Å²) in [6, 6.07) is -1.48. The summed E-state index contributed by atoms with van der Waals surface area (Å²) >= 11 is 0. The second kappa shape index (κ2) is 7.70. The minimum Gasteiger partial charge on any atom is -0.481 e. The second-order valence-electron chi connectivity index (χ2n) is 8.66. The highest BCUT2D eigenvalue weighted by molar-refractivity contribution is 5.86. The van der Waals surface area contributed by atoms with Gasteiger partial charge in [-0.25, -0.2) is 15.0 Å². The van der Waals surface area contributed by atoms with Gasteiger partial charge in [-0.2, -0.15) is 0 Å². The van der Waals surface area contributed by atoms with E-state index in [0.717, 1.165) is 0 Å². The Morgan fingerprint density at radius 1 is 1.32 bits per heavy atom. The van der Waals surface area contributed by atoms with Crippen molar-refractivity contribution in [3.05, 3.63) is 12.7 Å². The fourth-order valence-electron chi connectivity index (χ4n) is 4.70. The average Bonchev–Trinajstić information content (AvgIpc) is 3.12. The maximum absolute atomic E-state index is 12.4. The van der Waals surface area contributed by atoms with Crippen LogP contribution in [-0.4, -0.2) is 83.4 Å². The Labute approximate surface area is 178 Å². The van der Waals surface area contributed by atoms with Crippen LogP contribution in [0.25, 0.3) is 11.2 Å². The van der Waals surface area contributed by atoms with Crippen molar-refractivity contribution in [3.63, 3.8) is 0 Å². The zero-order valence-corrected chi connectivity index (χ0v) is 17.3. The predicted octanol–water partition coefficient (Wildman–Crippen LogP) is -0.716. The summed E-state index contributed by atoms with van der Waals surface area (Å²) in [7, 11) is 0. The van der Waals surface area contributed by atoms with E-state index >= 15 is 0 Å². The quantitative estimate of drug-likeness (QED) is 0.480. The van der Waals surface area contributed by atoms with E-state index in [9.17, 15) is 14.7 Å². The Morgan fingerprint density at radius 3 is 2.68 bits per heavy atom. The fourth-order valence-corrected chi connectivity index (χ4v) is 4.70. The van der Waals surface area contributed by atoms with Crippen LogP contribution < -0.4 is 11.5 Å². The first-order valence-electron chi connectivity index (χ1n) is 10.2. The zero-order chi connectivity index (χ0) is 22.4. The molecule has 2 aliphatic heterocycles. The summed E-state index contributed by atoms with van der Waals surface area (Å²) in [5.41, 5.74) is 10.9. The predicted molar refractivity (Wildman–Crippen MR) is 109 cm³/mol. The molecule has 0 saturated carbocycles. The summed E-state index contributed by atoms with van der Waals surface area (Å²) < 4.78 is 8.03. The monoisotopic (exact) mass is 433 g/mol. The highest BCUT2D eigenvalue weighted by Gasteiger charge is 2.50. The van der Waals surface area contributed by atoms with Gasteiger partial charge in [-0.15, -0.1) is 0 Å². The number of nitrogens with zero attached hydrogens (tertiary/aromatic N) is 5. The number of nitrogen functional groups attached to an aromatic ring is 1. The normalized spacial score (nSPS) is 26.8. The first kappa shape index (κ1) is 21.4. The van der Waals surface area contributed by atoms with Gasteiger partial charge in [0, 0.05) is 19.5 Å². The number of carbonyl (C=O) groups is 2. The van der Waals surface area contributed by atoms with Gasteiger partial charge in [0.25, 0.3) is 0 Å². The molecule has 0 radical (unpaired) electrons. The van der Waals surface area contributed by atoms with Crippen LogP contribution in [0.4, 0.5) is 5.82 Å². The van der Waals surface area contributed by atoms with E-state index in [1.54, 1.807) is 22.7 Å². The molecule has 0 unspecified atom stereocenters. The van der Waals surface area contributed by atoms with E-state index in [2.05, 4.69) is 15.0 Å². The molecule has 4 heterocycles. The number of ether oxygens (including phenoxy) is 1. The van der Waals surface area contributed by atoms with Crippen LogP contribution in [0.3, 0.4) is 0 Å². The van der Waals surface area contributed by atoms with Gasteiger partial charge < -0.3 is 35.9 Å². The molecule has 0 aliphatic carbocycles. The number of carboxylic acid groups (broad SMARTS) is 1. The van der Waals surface area contributed by atoms with Gasteiger partial charge in [-0.05, 0) is 19.8 Å². The number of imidazole rings is 1. The molecule has 4 rings (SSSR count). The number of anilines is 1. The van der Waals surface area contributed by atoms with Crippen molar-refractivity contribution in [2.24, 2.45) is 5.73 Å². The number of carboxylic acids is 1. The third-order valence-electron chi connectivity index (χ3n) is 6.37. The molecule has 1 spiro atoms. The van der Waals surface area contributed by atoms with Gasteiger partial charge in [-0.1, -0.05) is 0 Å². The van der Waals surface area contributed by atoms with E-state index in [0.29, 0.717) is 43.5 Å². The topological polar surface area (TPSA) is 183 Å². The molecule has 12 nitrogen and oxygen atoms in total. The van der Waals surface area contributed by atoms with Crippen LogP contribution in [0, 0.1) is 0 Å². The summed E-state index contributed by atoms with van der Waals surface area (Å²) in [5, 5.41) is 20.2. The van der Waals surface area contributed by atoms with Crippen LogP contribution in [0.15, 0.2) is 12.7 Å². The van der Waals surface area contributed by atoms with Crippen LogP contribution >= 0.6 is 0 Å². The molecular formula is C19H27N7O5. The number of hydrogen-bond acceptors (Lipinski definition) is 9. The number of aliphatic carboxylic acids is 1. The van der Waals surface area contributed by atoms with Gasteiger partial charge in [0.05, 0.1) is 42.6 Å². The minimum atomic E-state index is -1.11. The highest BCUT2D eigenvalue weighted by Crippen LogP contribution is 2.44. The Bertz CT molecular complexity index is 999. The minimum absolute atomic E-state index is 0.245. The van der Waals surface area contributed by atoms with E-state index in [1.807, 2.05) is 0 Å². The van der Waals surface area contributed by atoms with Gasteiger partial charge in [0.1, 0.15) is 11.8 Å². The molecule has 1 amide bonds. The molecule has 0 aromatic carbocycles. The van der Waals surface area contributed by atoms with Crippen molar-refractivity contribution in [3.8, 4) is 0 Å². The number of carbonyl (C=O) groups excluding carboxylic acids is 1.